The number of halogens is 2. The van der Waals surface area contributed by atoms with Crippen molar-refractivity contribution in [3.05, 3.63) is 40.2 Å². The number of ether oxygens (including phenoxy) is 1. The fourth-order valence-electron chi connectivity index (χ4n) is 1.25. The lowest BCUT2D eigenvalue weighted by molar-refractivity contribution is 0.453. The number of anilines is 1. The Labute approximate surface area is 111 Å². The van der Waals surface area contributed by atoms with E-state index >= 15 is 0 Å². The van der Waals surface area contributed by atoms with E-state index in [0.29, 0.717) is 16.1 Å². The smallest absolute Gasteiger partial charge is 0.240 e. The first-order valence-corrected chi connectivity index (χ1v) is 5.82. The minimum atomic E-state index is -0.406. The third kappa shape index (κ3) is 2.74. The van der Waals surface area contributed by atoms with Crippen LogP contribution in [-0.2, 0) is 0 Å². The Morgan fingerprint density at radius 3 is 2.89 bits per heavy atom. The molecule has 2 rings (SSSR count). The Kier molecular flexibility index (Phi) is 3.73. The highest BCUT2D eigenvalue weighted by Crippen LogP contribution is 2.26. The van der Waals surface area contributed by atoms with Crippen molar-refractivity contribution in [3.8, 4) is 11.6 Å². The molecule has 0 bridgehead atoms. The number of benzene rings is 1. The van der Waals surface area contributed by atoms with Crippen molar-refractivity contribution < 1.29 is 9.13 Å². The lowest BCUT2D eigenvalue weighted by Gasteiger charge is -2.08. The van der Waals surface area contributed by atoms with Crippen LogP contribution in [0, 0.1) is 12.7 Å². The number of hydrogen-bond acceptors (Lipinski definition) is 5. The Bertz CT molecular complexity index is 579. The van der Waals surface area contributed by atoms with Gasteiger partial charge in [-0.2, -0.15) is 4.98 Å². The summed E-state index contributed by atoms with van der Waals surface area (Å²) in [5.74, 6) is 5.70. The Morgan fingerprint density at radius 2 is 2.22 bits per heavy atom. The normalized spacial score (nSPS) is 10.2. The molecule has 0 aliphatic carbocycles. The number of hydrazine groups is 1. The summed E-state index contributed by atoms with van der Waals surface area (Å²) >= 11 is 3.07. The third-order valence-electron chi connectivity index (χ3n) is 2.16. The summed E-state index contributed by atoms with van der Waals surface area (Å²) in [7, 11) is 0. The second kappa shape index (κ2) is 5.28. The first-order chi connectivity index (χ1) is 8.60. The van der Waals surface area contributed by atoms with Gasteiger partial charge in [-0.05, 0) is 35.0 Å². The predicted molar refractivity (Wildman–Crippen MR) is 68.8 cm³/mol. The molecule has 0 radical (unpaired) electrons. The van der Waals surface area contributed by atoms with Gasteiger partial charge in [0, 0.05) is 17.8 Å². The van der Waals surface area contributed by atoms with Crippen molar-refractivity contribution in [3.63, 3.8) is 0 Å². The highest BCUT2D eigenvalue weighted by Gasteiger charge is 2.07. The molecule has 0 saturated heterocycles. The minimum Gasteiger partial charge on any atom is -0.438 e. The lowest BCUT2D eigenvalue weighted by atomic mass is 10.3. The van der Waals surface area contributed by atoms with E-state index in [-0.39, 0.29) is 5.95 Å². The molecule has 0 unspecified atom stereocenters. The molecule has 0 aliphatic heterocycles. The Balaban J connectivity index is 2.30. The SMILES string of the molecule is Cc1cnc(NN)nc1Oc1ccc(Br)c(F)c1. The fourth-order valence-corrected chi connectivity index (χ4v) is 1.50. The molecule has 0 aliphatic rings. The number of nitrogen functional groups attached to an aromatic ring is 1. The van der Waals surface area contributed by atoms with Crippen molar-refractivity contribution in [2.75, 3.05) is 5.43 Å². The minimum absolute atomic E-state index is 0.230. The van der Waals surface area contributed by atoms with E-state index in [1.54, 1.807) is 25.3 Å². The van der Waals surface area contributed by atoms with Crippen molar-refractivity contribution >= 4 is 21.9 Å². The summed E-state index contributed by atoms with van der Waals surface area (Å²) in [6.45, 7) is 1.78. The van der Waals surface area contributed by atoms with Crippen LogP contribution < -0.4 is 16.0 Å². The number of nitrogens with two attached hydrogens (primary N) is 1. The third-order valence-corrected chi connectivity index (χ3v) is 2.80. The van der Waals surface area contributed by atoms with Crippen LogP contribution in [-0.4, -0.2) is 9.97 Å². The van der Waals surface area contributed by atoms with Gasteiger partial charge in [-0.3, -0.25) is 5.43 Å². The van der Waals surface area contributed by atoms with Gasteiger partial charge in [-0.25, -0.2) is 15.2 Å². The van der Waals surface area contributed by atoms with E-state index in [1.807, 2.05) is 0 Å². The molecule has 5 nitrogen and oxygen atoms in total. The van der Waals surface area contributed by atoms with Crippen molar-refractivity contribution in [1.82, 2.24) is 9.97 Å². The van der Waals surface area contributed by atoms with Crippen LogP contribution in [0.2, 0.25) is 0 Å². The fraction of sp³-hybridized carbons (Fsp3) is 0.0909. The van der Waals surface area contributed by atoms with Gasteiger partial charge in [-0.1, -0.05) is 0 Å². The predicted octanol–water partition coefficient (Wildman–Crippen LogP) is 2.76. The van der Waals surface area contributed by atoms with E-state index < -0.39 is 5.82 Å². The van der Waals surface area contributed by atoms with E-state index in [2.05, 4.69) is 31.3 Å². The molecule has 0 spiro atoms. The molecule has 94 valence electrons. The summed E-state index contributed by atoms with van der Waals surface area (Å²) in [6, 6.07) is 4.45. The molecule has 2 aromatic rings. The molecule has 0 atom stereocenters. The summed E-state index contributed by atoms with van der Waals surface area (Å²) < 4.78 is 19.2. The summed E-state index contributed by atoms with van der Waals surface area (Å²) in [5.41, 5.74) is 3.04. The highest BCUT2D eigenvalue weighted by molar-refractivity contribution is 9.10. The van der Waals surface area contributed by atoms with E-state index in [9.17, 15) is 4.39 Å². The average molecular weight is 313 g/mol. The molecule has 1 aromatic carbocycles. The van der Waals surface area contributed by atoms with Crippen molar-refractivity contribution in [2.24, 2.45) is 5.84 Å². The van der Waals surface area contributed by atoms with Crippen LogP contribution in [0.4, 0.5) is 10.3 Å². The number of rotatable bonds is 3. The highest BCUT2D eigenvalue weighted by atomic mass is 79.9. The van der Waals surface area contributed by atoms with Gasteiger partial charge < -0.3 is 4.74 Å². The van der Waals surface area contributed by atoms with Gasteiger partial charge in [0.2, 0.25) is 11.8 Å². The maximum absolute atomic E-state index is 13.3. The largest absolute Gasteiger partial charge is 0.438 e. The molecule has 0 amide bonds. The molecule has 18 heavy (non-hydrogen) atoms. The second-order valence-electron chi connectivity index (χ2n) is 3.50. The van der Waals surface area contributed by atoms with Gasteiger partial charge in [0.1, 0.15) is 11.6 Å². The Hall–Kier alpha value is -1.73. The van der Waals surface area contributed by atoms with Crippen LogP contribution in [0.15, 0.2) is 28.9 Å². The van der Waals surface area contributed by atoms with E-state index in [1.165, 1.54) is 6.07 Å². The van der Waals surface area contributed by atoms with Gasteiger partial charge in [0.05, 0.1) is 4.47 Å². The lowest BCUT2D eigenvalue weighted by Crippen LogP contribution is -2.11. The molecular weight excluding hydrogens is 303 g/mol. The van der Waals surface area contributed by atoms with Gasteiger partial charge in [0.25, 0.3) is 0 Å². The maximum atomic E-state index is 13.3. The number of hydrogen-bond donors (Lipinski definition) is 2. The number of nitrogens with one attached hydrogen (secondary N) is 1. The summed E-state index contributed by atoms with van der Waals surface area (Å²) in [6.07, 6.45) is 1.56. The topological polar surface area (TPSA) is 73.1 Å². The molecule has 0 saturated carbocycles. The van der Waals surface area contributed by atoms with Gasteiger partial charge in [0.15, 0.2) is 0 Å². The van der Waals surface area contributed by atoms with Crippen molar-refractivity contribution in [1.29, 1.82) is 0 Å². The van der Waals surface area contributed by atoms with Crippen LogP contribution >= 0.6 is 15.9 Å². The molecule has 1 heterocycles. The van der Waals surface area contributed by atoms with E-state index in [4.69, 9.17) is 10.6 Å². The van der Waals surface area contributed by atoms with Crippen LogP contribution in [0.1, 0.15) is 5.56 Å². The van der Waals surface area contributed by atoms with Gasteiger partial charge in [-0.15, -0.1) is 0 Å². The zero-order valence-corrected chi connectivity index (χ0v) is 11.0. The van der Waals surface area contributed by atoms with Crippen molar-refractivity contribution in [2.45, 2.75) is 6.92 Å². The van der Waals surface area contributed by atoms with Gasteiger partial charge >= 0.3 is 0 Å². The zero-order valence-electron chi connectivity index (χ0n) is 9.45. The van der Waals surface area contributed by atoms with E-state index in [0.717, 1.165) is 5.56 Å². The summed E-state index contributed by atoms with van der Waals surface area (Å²) in [5, 5.41) is 0. The second-order valence-corrected chi connectivity index (χ2v) is 4.36. The van der Waals surface area contributed by atoms with Crippen LogP contribution in [0.25, 0.3) is 0 Å². The first kappa shape index (κ1) is 12.7. The average Bonchev–Trinajstić information content (AvgIpc) is 2.36. The monoisotopic (exact) mass is 312 g/mol. The quantitative estimate of drug-likeness (QED) is 0.673. The number of aryl methyl sites for hydroxylation is 1. The zero-order chi connectivity index (χ0) is 13.1. The number of nitrogens with zero attached hydrogens (tertiary/aromatic N) is 2. The number of aromatic nitrogens is 2. The van der Waals surface area contributed by atoms with Crippen LogP contribution in [0.5, 0.6) is 11.6 Å². The standard InChI is InChI=1S/C11H10BrFN4O/c1-6-5-15-11(17-14)16-10(6)18-7-2-3-8(12)9(13)4-7/h2-5H,14H2,1H3,(H,15,16,17). The maximum Gasteiger partial charge on any atom is 0.240 e. The molecular formula is C11H10BrFN4O. The molecule has 1 aromatic heterocycles. The molecule has 3 N–H and O–H groups in total. The molecule has 0 fully saturated rings. The summed E-state index contributed by atoms with van der Waals surface area (Å²) in [4.78, 5) is 7.96. The Morgan fingerprint density at radius 1 is 1.44 bits per heavy atom. The molecule has 7 heteroatoms. The first-order valence-electron chi connectivity index (χ1n) is 5.03. The van der Waals surface area contributed by atoms with Crippen LogP contribution in [0.3, 0.4) is 0 Å².